The lowest BCUT2D eigenvalue weighted by molar-refractivity contribution is 0.913. The largest absolute Gasteiger partial charge is 0.358 e. The second kappa shape index (κ2) is 8.77. The fourth-order valence-electron chi connectivity index (χ4n) is 4.14. The van der Waals surface area contributed by atoms with Gasteiger partial charge < -0.3 is 10.3 Å². The number of hydrogen-bond donors (Lipinski definition) is 3. The number of nitrogens with one attached hydrogen (secondary N) is 3. The highest BCUT2D eigenvalue weighted by Gasteiger charge is 2.17. The first kappa shape index (κ1) is 21.2. The van der Waals surface area contributed by atoms with E-state index in [-0.39, 0.29) is 0 Å². The summed E-state index contributed by atoms with van der Waals surface area (Å²) >= 11 is 1.64. The van der Waals surface area contributed by atoms with E-state index < -0.39 is 0 Å². The molecule has 0 unspecified atom stereocenters. The number of nitrogens with zero attached hydrogens (tertiary/aromatic N) is 5. The minimum absolute atomic E-state index is 0.624. The summed E-state index contributed by atoms with van der Waals surface area (Å²) in [6.45, 7) is 6.21. The van der Waals surface area contributed by atoms with Crippen molar-refractivity contribution in [1.29, 1.82) is 0 Å². The van der Waals surface area contributed by atoms with Crippen LogP contribution in [0.2, 0.25) is 0 Å². The molecule has 0 spiro atoms. The summed E-state index contributed by atoms with van der Waals surface area (Å²) < 4.78 is 0. The van der Waals surface area contributed by atoms with E-state index in [1.165, 1.54) is 0 Å². The normalized spacial score (nSPS) is 11.3. The van der Waals surface area contributed by atoms with E-state index in [1.54, 1.807) is 23.7 Å². The van der Waals surface area contributed by atoms with Crippen molar-refractivity contribution in [2.45, 2.75) is 19.8 Å². The molecule has 0 atom stereocenters. The lowest BCUT2D eigenvalue weighted by Crippen LogP contribution is -1.98. The summed E-state index contributed by atoms with van der Waals surface area (Å²) in [6, 6.07) is 8.10. The number of H-pyrrole nitrogens is 2. The molecule has 35 heavy (non-hydrogen) atoms. The minimum atomic E-state index is 0.624. The molecule has 172 valence electrons. The monoisotopic (exact) mass is 478 g/mol. The summed E-state index contributed by atoms with van der Waals surface area (Å²) in [7, 11) is 0. The number of hydrogen-bond acceptors (Lipinski definition) is 7. The van der Waals surface area contributed by atoms with Crippen LogP contribution in [0.1, 0.15) is 19.8 Å². The van der Waals surface area contributed by atoms with Gasteiger partial charge in [0.25, 0.3) is 0 Å². The van der Waals surface area contributed by atoms with Crippen molar-refractivity contribution in [2.24, 2.45) is 0 Å². The lowest BCUT2D eigenvalue weighted by atomic mass is 10.1. The molecule has 0 radical (unpaired) electrons. The molecule has 6 rings (SSSR count). The predicted molar refractivity (Wildman–Crippen MR) is 141 cm³/mol. The lowest BCUT2D eigenvalue weighted by Gasteiger charge is -2.09. The molecule has 6 aromatic rings. The topological polar surface area (TPSA) is 108 Å². The highest BCUT2D eigenvalue weighted by molar-refractivity contribution is 7.08. The molecule has 3 N–H and O–H groups in total. The Morgan fingerprint density at radius 1 is 1.09 bits per heavy atom. The van der Waals surface area contributed by atoms with Crippen molar-refractivity contribution in [3.05, 3.63) is 72.1 Å². The van der Waals surface area contributed by atoms with Gasteiger partial charge in [0.15, 0.2) is 11.5 Å². The number of anilines is 1. The molecule has 0 aliphatic carbocycles. The van der Waals surface area contributed by atoms with Crippen molar-refractivity contribution < 1.29 is 0 Å². The van der Waals surface area contributed by atoms with Crippen LogP contribution in [0.5, 0.6) is 0 Å². The van der Waals surface area contributed by atoms with Crippen LogP contribution >= 0.6 is 11.3 Å². The molecule has 0 saturated carbocycles. The first-order valence-corrected chi connectivity index (χ1v) is 12.3. The molecule has 0 aliphatic rings. The van der Waals surface area contributed by atoms with Gasteiger partial charge >= 0.3 is 0 Å². The number of imidazole rings is 1. The second-order valence-corrected chi connectivity index (χ2v) is 9.07. The number of thiophene rings is 1. The number of pyridine rings is 3. The smallest absolute Gasteiger partial charge is 0.181 e. The quantitative estimate of drug-likeness (QED) is 0.245. The first-order chi connectivity index (χ1) is 17.2. The maximum atomic E-state index is 4.88. The Morgan fingerprint density at radius 2 is 2.00 bits per heavy atom. The van der Waals surface area contributed by atoms with Crippen molar-refractivity contribution >= 4 is 39.1 Å². The minimum Gasteiger partial charge on any atom is -0.358 e. The van der Waals surface area contributed by atoms with Crippen LogP contribution in [-0.4, -0.2) is 35.1 Å². The molecule has 0 amide bonds. The number of rotatable bonds is 7. The molecule has 0 bridgehead atoms. The van der Waals surface area contributed by atoms with E-state index in [0.717, 1.165) is 68.7 Å². The molecular formula is C26H22N8S. The summed E-state index contributed by atoms with van der Waals surface area (Å²) in [5.41, 5.74) is 8.82. The SMILES string of the molecule is C=C(CCC)Nc1cncc(-c2cnc3n[nH]c(-c4nc5c(-c6ccsc6)nccc5[nH]4)c3c2)c1. The number of allylic oxidation sites excluding steroid dienone is 1. The fourth-order valence-corrected chi connectivity index (χ4v) is 4.78. The van der Waals surface area contributed by atoms with Gasteiger partial charge in [0.2, 0.25) is 0 Å². The molecule has 6 heterocycles. The van der Waals surface area contributed by atoms with Crippen LogP contribution in [0.15, 0.2) is 72.1 Å². The molecule has 0 aromatic carbocycles. The molecular weight excluding hydrogens is 456 g/mol. The van der Waals surface area contributed by atoms with Gasteiger partial charge in [0.05, 0.1) is 28.5 Å². The standard InChI is InChI=1S/C26H22N8S/c1-3-4-15(2)30-19-9-17(11-27-13-19)18-10-20-23(33-34-25(20)29-12-18)26-31-21-5-7-28-22(24(21)32-26)16-6-8-35-14-16/h5-14,30H,2-4H2,1H3,(H,31,32)(H,29,33,34). The molecule has 9 heteroatoms. The van der Waals surface area contributed by atoms with Gasteiger partial charge in [-0.1, -0.05) is 19.9 Å². The third-order valence-corrected chi connectivity index (χ3v) is 6.47. The highest BCUT2D eigenvalue weighted by Crippen LogP contribution is 2.32. The fraction of sp³-hybridized carbons (Fsp3) is 0.115. The molecule has 0 fully saturated rings. The Hall–Kier alpha value is -4.37. The Morgan fingerprint density at radius 3 is 2.86 bits per heavy atom. The zero-order valence-electron chi connectivity index (χ0n) is 19.0. The average Bonchev–Trinajstić information content (AvgIpc) is 3.63. The van der Waals surface area contributed by atoms with Crippen LogP contribution in [0.3, 0.4) is 0 Å². The molecule has 6 aromatic heterocycles. The Balaban J connectivity index is 1.40. The van der Waals surface area contributed by atoms with Gasteiger partial charge in [0.1, 0.15) is 11.2 Å². The van der Waals surface area contributed by atoms with Gasteiger partial charge in [-0.2, -0.15) is 16.4 Å². The number of aromatic amines is 2. The van der Waals surface area contributed by atoms with E-state index in [2.05, 4.69) is 72.5 Å². The predicted octanol–water partition coefficient (Wildman–Crippen LogP) is 6.41. The maximum Gasteiger partial charge on any atom is 0.181 e. The van der Waals surface area contributed by atoms with E-state index in [0.29, 0.717) is 11.5 Å². The summed E-state index contributed by atoms with van der Waals surface area (Å²) in [4.78, 5) is 21.8. The van der Waals surface area contributed by atoms with Gasteiger partial charge in [0, 0.05) is 46.4 Å². The Bertz CT molecular complexity index is 1660. The van der Waals surface area contributed by atoms with Crippen LogP contribution in [-0.2, 0) is 0 Å². The van der Waals surface area contributed by atoms with E-state index in [1.807, 2.05) is 23.8 Å². The number of fused-ring (bicyclic) bond motifs is 2. The Kier molecular flexibility index (Phi) is 5.31. The molecule has 0 saturated heterocycles. The van der Waals surface area contributed by atoms with Crippen LogP contribution in [0.4, 0.5) is 5.69 Å². The van der Waals surface area contributed by atoms with Gasteiger partial charge in [-0.3, -0.25) is 15.1 Å². The maximum absolute atomic E-state index is 4.88. The van der Waals surface area contributed by atoms with E-state index in [9.17, 15) is 0 Å². The molecule has 8 nitrogen and oxygen atoms in total. The van der Waals surface area contributed by atoms with Crippen molar-refractivity contribution in [2.75, 3.05) is 5.32 Å². The Labute approximate surface area is 205 Å². The summed E-state index contributed by atoms with van der Waals surface area (Å²) in [5, 5.41) is 15.8. The summed E-state index contributed by atoms with van der Waals surface area (Å²) in [6.07, 6.45) is 9.19. The van der Waals surface area contributed by atoms with Crippen LogP contribution in [0, 0.1) is 0 Å². The third-order valence-electron chi connectivity index (χ3n) is 5.79. The highest BCUT2D eigenvalue weighted by atomic mass is 32.1. The van der Waals surface area contributed by atoms with Crippen molar-refractivity contribution in [3.8, 4) is 33.9 Å². The average molecular weight is 479 g/mol. The number of aromatic nitrogens is 7. The first-order valence-electron chi connectivity index (χ1n) is 11.3. The van der Waals surface area contributed by atoms with E-state index in [4.69, 9.17) is 4.98 Å². The van der Waals surface area contributed by atoms with Crippen LogP contribution < -0.4 is 5.32 Å². The van der Waals surface area contributed by atoms with Gasteiger partial charge in [-0.15, -0.1) is 0 Å². The zero-order chi connectivity index (χ0) is 23.8. The van der Waals surface area contributed by atoms with Crippen molar-refractivity contribution in [3.63, 3.8) is 0 Å². The van der Waals surface area contributed by atoms with Crippen LogP contribution in [0.25, 0.3) is 56.0 Å². The van der Waals surface area contributed by atoms with Gasteiger partial charge in [-0.25, -0.2) is 9.97 Å². The third kappa shape index (κ3) is 3.95. The van der Waals surface area contributed by atoms with Crippen molar-refractivity contribution in [1.82, 2.24) is 35.1 Å². The zero-order valence-corrected chi connectivity index (χ0v) is 19.9. The van der Waals surface area contributed by atoms with E-state index >= 15 is 0 Å². The van der Waals surface area contributed by atoms with Gasteiger partial charge in [-0.05, 0) is 36.1 Å². The second-order valence-electron chi connectivity index (χ2n) is 8.29. The summed E-state index contributed by atoms with van der Waals surface area (Å²) in [5.74, 6) is 0.690. The molecule has 0 aliphatic heterocycles.